The first-order chi connectivity index (χ1) is 14.6. The minimum absolute atomic E-state index is 0.132. The number of rotatable bonds is 6. The van der Waals surface area contributed by atoms with Gasteiger partial charge in [-0.1, -0.05) is 30.2 Å². The van der Waals surface area contributed by atoms with Gasteiger partial charge in [0.2, 0.25) is 0 Å². The minimum Gasteiger partial charge on any atom is -0.497 e. The fourth-order valence-electron chi connectivity index (χ4n) is 4.33. The molecular weight excluding hydrogens is 376 g/mol. The van der Waals surface area contributed by atoms with Crippen LogP contribution in [0.2, 0.25) is 0 Å². The second kappa shape index (κ2) is 8.92. The molecule has 0 radical (unpaired) electrons. The van der Waals surface area contributed by atoms with Crippen LogP contribution >= 0.6 is 0 Å². The lowest BCUT2D eigenvalue weighted by Gasteiger charge is -2.35. The third-order valence-corrected chi connectivity index (χ3v) is 6.09. The van der Waals surface area contributed by atoms with E-state index < -0.39 is 0 Å². The molecule has 1 N–H and O–H groups in total. The SMILES string of the molecule is COc1ccc([C@H](CNC(=O)c2oc3ccc(C)cc3c2C)N2CCCCC2)cc1. The Kier molecular flexibility index (Phi) is 6.09. The van der Waals surface area contributed by atoms with Crippen LogP contribution in [0.4, 0.5) is 0 Å². The summed E-state index contributed by atoms with van der Waals surface area (Å²) in [4.78, 5) is 15.5. The number of ether oxygens (including phenoxy) is 1. The maximum absolute atomic E-state index is 13.0. The molecular formula is C25H30N2O3. The molecule has 0 spiro atoms. The predicted octanol–water partition coefficient (Wildman–Crippen LogP) is 5.02. The Labute approximate surface area is 178 Å². The lowest BCUT2D eigenvalue weighted by Crippen LogP contribution is -2.40. The van der Waals surface area contributed by atoms with E-state index in [1.54, 1.807) is 7.11 Å². The Morgan fingerprint density at radius 2 is 1.83 bits per heavy atom. The predicted molar refractivity (Wildman–Crippen MR) is 119 cm³/mol. The van der Waals surface area contributed by atoms with Gasteiger partial charge in [-0.2, -0.15) is 0 Å². The zero-order valence-corrected chi connectivity index (χ0v) is 18.0. The lowest BCUT2D eigenvalue weighted by molar-refractivity contribution is 0.0898. The second-order valence-corrected chi connectivity index (χ2v) is 8.15. The highest BCUT2D eigenvalue weighted by Gasteiger charge is 2.24. The number of nitrogens with one attached hydrogen (secondary N) is 1. The van der Waals surface area contributed by atoms with Crippen molar-refractivity contribution in [3.8, 4) is 5.75 Å². The van der Waals surface area contributed by atoms with Crippen LogP contribution in [-0.4, -0.2) is 37.6 Å². The molecule has 1 atom stereocenters. The van der Waals surface area contributed by atoms with Gasteiger partial charge in [0.25, 0.3) is 5.91 Å². The molecule has 2 aromatic carbocycles. The van der Waals surface area contributed by atoms with Gasteiger partial charge in [0.05, 0.1) is 13.2 Å². The van der Waals surface area contributed by atoms with E-state index in [4.69, 9.17) is 9.15 Å². The van der Waals surface area contributed by atoms with Crippen LogP contribution in [0.15, 0.2) is 46.9 Å². The molecule has 0 unspecified atom stereocenters. The molecule has 0 saturated carbocycles. The van der Waals surface area contributed by atoms with Gasteiger partial charge in [-0.15, -0.1) is 0 Å². The van der Waals surface area contributed by atoms with Crippen LogP contribution in [0.5, 0.6) is 5.75 Å². The third-order valence-electron chi connectivity index (χ3n) is 6.09. The van der Waals surface area contributed by atoms with Crippen LogP contribution in [0.1, 0.15) is 52.5 Å². The topological polar surface area (TPSA) is 54.7 Å². The van der Waals surface area contributed by atoms with Gasteiger partial charge in [0.15, 0.2) is 5.76 Å². The van der Waals surface area contributed by atoms with Crippen molar-refractivity contribution in [3.63, 3.8) is 0 Å². The number of aryl methyl sites for hydroxylation is 2. The Hall–Kier alpha value is -2.79. The van der Waals surface area contributed by atoms with Crippen molar-refractivity contribution in [2.75, 3.05) is 26.7 Å². The van der Waals surface area contributed by atoms with Gasteiger partial charge in [-0.25, -0.2) is 0 Å². The molecule has 158 valence electrons. The number of carbonyl (C=O) groups is 1. The number of fused-ring (bicyclic) bond motifs is 1. The molecule has 1 amide bonds. The van der Waals surface area contributed by atoms with E-state index in [2.05, 4.69) is 28.4 Å². The molecule has 1 fully saturated rings. The van der Waals surface area contributed by atoms with Crippen LogP contribution < -0.4 is 10.1 Å². The monoisotopic (exact) mass is 406 g/mol. The largest absolute Gasteiger partial charge is 0.497 e. The zero-order valence-electron chi connectivity index (χ0n) is 18.0. The summed E-state index contributed by atoms with van der Waals surface area (Å²) in [5.41, 5.74) is 3.99. The van der Waals surface area contributed by atoms with Crippen LogP contribution in [0.25, 0.3) is 11.0 Å². The highest BCUT2D eigenvalue weighted by molar-refractivity contribution is 5.99. The minimum atomic E-state index is -0.156. The first-order valence-electron chi connectivity index (χ1n) is 10.7. The Balaban J connectivity index is 1.54. The fraction of sp³-hybridized carbons (Fsp3) is 0.400. The van der Waals surface area contributed by atoms with Crippen LogP contribution in [0, 0.1) is 13.8 Å². The normalized spacial score (nSPS) is 15.8. The van der Waals surface area contributed by atoms with Gasteiger partial charge in [-0.05, 0) is 69.6 Å². The molecule has 4 rings (SSSR count). The first-order valence-corrected chi connectivity index (χ1v) is 10.7. The number of hydrogen-bond acceptors (Lipinski definition) is 4. The highest BCUT2D eigenvalue weighted by Crippen LogP contribution is 2.28. The van der Waals surface area contributed by atoms with Gasteiger partial charge in [0, 0.05) is 17.5 Å². The van der Waals surface area contributed by atoms with Crippen molar-refractivity contribution in [2.24, 2.45) is 0 Å². The summed E-state index contributed by atoms with van der Waals surface area (Å²) in [5, 5.41) is 4.14. The molecule has 3 aromatic rings. The fourth-order valence-corrected chi connectivity index (χ4v) is 4.33. The van der Waals surface area contributed by atoms with Crippen molar-refractivity contribution >= 4 is 16.9 Å². The van der Waals surface area contributed by atoms with Crippen molar-refractivity contribution in [1.29, 1.82) is 0 Å². The van der Waals surface area contributed by atoms with Crippen LogP contribution in [-0.2, 0) is 0 Å². The number of likely N-dealkylation sites (tertiary alicyclic amines) is 1. The van der Waals surface area contributed by atoms with E-state index in [0.717, 1.165) is 40.9 Å². The Bertz CT molecular complexity index is 1020. The van der Waals surface area contributed by atoms with E-state index in [-0.39, 0.29) is 11.9 Å². The summed E-state index contributed by atoms with van der Waals surface area (Å²) in [6, 6.07) is 14.3. The van der Waals surface area contributed by atoms with E-state index >= 15 is 0 Å². The number of methoxy groups -OCH3 is 1. The number of furan rings is 1. The van der Waals surface area contributed by atoms with Gasteiger partial charge in [-0.3, -0.25) is 9.69 Å². The molecule has 2 heterocycles. The highest BCUT2D eigenvalue weighted by atomic mass is 16.5. The molecule has 30 heavy (non-hydrogen) atoms. The second-order valence-electron chi connectivity index (χ2n) is 8.15. The van der Waals surface area contributed by atoms with Gasteiger partial charge >= 0.3 is 0 Å². The van der Waals surface area contributed by atoms with Gasteiger partial charge in [0.1, 0.15) is 11.3 Å². The van der Waals surface area contributed by atoms with E-state index in [9.17, 15) is 4.79 Å². The molecule has 5 nitrogen and oxygen atoms in total. The molecule has 1 aliphatic heterocycles. The number of piperidine rings is 1. The summed E-state index contributed by atoms with van der Waals surface area (Å²) < 4.78 is 11.2. The standard InChI is InChI=1S/C25H30N2O3/c1-17-7-12-23-21(15-17)18(2)24(30-23)25(28)26-16-22(27-13-5-4-6-14-27)19-8-10-20(29-3)11-9-19/h7-12,15,22H,4-6,13-14,16H2,1-3H3,(H,26,28)/t22-/m0/s1. The number of carbonyl (C=O) groups excluding carboxylic acids is 1. The lowest BCUT2D eigenvalue weighted by atomic mass is 10.0. The first kappa shape index (κ1) is 20.5. The van der Waals surface area contributed by atoms with Crippen molar-refractivity contribution < 1.29 is 13.9 Å². The van der Waals surface area contributed by atoms with Crippen molar-refractivity contribution in [2.45, 2.75) is 39.2 Å². The molecule has 5 heteroatoms. The molecule has 0 aliphatic carbocycles. The number of nitrogens with zero attached hydrogens (tertiary/aromatic N) is 1. The average Bonchev–Trinajstić information content (AvgIpc) is 3.11. The quantitative estimate of drug-likeness (QED) is 0.625. The maximum Gasteiger partial charge on any atom is 0.287 e. The third kappa shape index (κ3) is 4.21. The molecule has 1 saturated heterocycles. The Morgan fingerprint density at radius 3 is 2.53 bits per heavy atom. The summed E-state index contributed by atoms with van der Waals surface area (Å²) in [6.07, 6.45) is 3.67. The Morgan fingerprint density at radius 1 is 1.10 bits per heavy atom. The molecule has 0 bridgehead atoms. The average molecular weight is 407 g/mol. The smallest absolute Gasteiger partial charge is 0.287 e. The van der Waals surface area contributed by atoms with Crippen molar-refractivity contribution in [3.05, 3.63) is 64.9 Å². The zero-order chi connectivity index (χ0) is 21.1. The summed E-state index contributed by atoms with van der Waals surface area (Å²) >= 11 is 0. The number of benzene rings is 2. The maximum atomic E-state index is 13.0. The number of amides is 1. The van der Waals surface area contributed by atoms with E-state index in [0.29, 0.717) is 12.3 Å². The molecule has 1 aromatic heterocycles. The van der Waals surface area contributed by atoms with E-state index in [1.807, 2.05) is 38.1 Å². The van der Waals surface area contributed by atoms with E-state index in [1.165, 1.54) is 24.8 Å². The summed E-state index contributed by atoms with van der Waals surface area (Å²) in [6.45, 7) is 6.64. The van der Waals surface area contributed by atoms with Gasteiger partial charge < -0.3 is 14.5 Å². The number of hydrogen-bond donors (Lipinski definition) is 1. The summed E-state index contributed by atoms with van der Waals surface area (Å²) in [7, 11) is 1.68. The van der Waals surface area contributed by atoms with Crippen LogP contribution in [0.3, 0.4) is 0 Å². The molecule has 1 aliphatic rings. The van der Waals surface area contributed by atoms with Crippen molar-refractivity contribution in [1.82, 2.24) is 10.2 Å². The summed E-state index contributed by atoms with van der Waals surface area (Å²) in [5.74, 6) is 1.09.